The van der Waals surface area contributed by atoms with Crippen LogP contribution in [0.4, 0.5) is 0 Å². The highest BCUT2D eigenvalue weighted by atomic mass is 32.2. The standard InChI is InChI=1S/C21H28N2O3S/c1-16-12-13-17(2)20(15-16)18(3)22-21(24)11-8-14-23(4)27(25,26)19-9-6-5-7-10-19/h5-7,9-10,12-13,15,18H,8,11,14H2,1-4H3,(H,22,24)/t18-/m1/s1. The van der Waals surface area contributed by atoms with Crippen molar-refractivity contribution in [1.29, 1.82) is 0 Å². The molecule has 0 saturated heterocycles. The first-order chi connectivity index (χ1) is 12.7. The summed E-state index contributed by atoms with van der Waals surface area (Å²) < 4.78 is 26.2. The topological polar surface area (TPSA) is 66.5 Å². The summed E-state index contributed by atoms with van der Waals surface area (Å²) in [5.74, 6) is -0.0751. The molecule has 0 fully saturated rings. The maximum atomic E-state index is 12.5. The van der Waals surface area contributed by atoms with Gasteiger partial charge in [-0.25, -0.2) is 12.7 Å². The maximum Gasteiger partial charge on any atom is 0.242 e. The van der Waals surface area contributed by atoms with Crippen molar-refractivity contribution < 1.29 is 13.2 Å². The first kappa shape index (κ1) is 21.1. The molecular formula is C21H28N2O3S. The molecule has 0 aliphatic rings. The van der Waals surface area contributed by atoms with E-state index in [1.54, 1.807) is 37.4 Å². The van der Waals surface area contributed by atoms with Crippen LogP contribution in [-0.4, -0.2) is 32.2 Å². The van der Waals surface area contributed by atoms with Crippen molar-refractivity contribution in [1.82, 2.24) is 9.62 Å². The van der Waals surface area contributed by atoms with Gasteiger partial charge in [0.25, 0.3) is 0 Å². The van der Waals surface area contributed by atoms with Gasteiger partial charge in [0.1, 0.15) is 0 Å². The van der Waals surface area contributed by atoms with Crippen LogP contribution in [0.5, 0.6) is 0 Å². The second-order valence-corrected chi connectivity index (χ2v) is 8.94. The molecule has 0 spiro atoms. The summed E-state index contributed by atoms with van der Waals surface area (Å²) in [6.07, 6.45) is 0.748. The third-order valence-electron chi connectivity index (χ3n) is 4.61. The highest BCUT2D eigenvalue weighted by Gasteiger charge is 2.20. The Morgan fingerprint density at radius 3 is 2.44 bits per heavy atom. The fraction of sp³-hybridized carbons (Fsp3) is 0.381. The van der Waals surface area contributed by atoms with Gasteiger partial charge in [-0.3, -0.25) is 4.79 Å². The summed E-state index contributed by atoms with van der Waals surface area (Å²) in [5.41, 5.74) is 3.40. The number of nitrogens with zero attached hydrogens (tertiary/aromatic N) is 1. The van der Waals surface area contributed by atoms with E-state index < -0.39 is 10.0 Å². The van der Waals surface area contributed by atoms with Crippen LogP contribution >= 0.6 is 0 Å². The smallest absolute Gasteiger partial charge is 0.242 e. The number of benzene rings is 2. The molecule has 0 unspecified atom stereocenters. The van der Waals surface area contributed by atoms with E-state index >= 15 is 0 Å². The molecule has 0 aliphatic carbocycles. The van der Waals surface area contributed by atoms with Gasteiger partial charge in [0.05, 0.1) is 10.9 Å². The average Bonchev–Trinajstić information content (AvgIpc) is 2.64. The molecule has 6 heteroatoms. The zero-order valence-corrected chi connectivity index (χ0v) is 17.2. The molecule has 0 radical (unpaired) electrons. The number of aryl methyl sites for hydroxylation is 2. The van der Waals surface area contributed by atoms with E-state index in [-0.39, 0.29) is 23.3 Å². The molecule has 5 nitrogen and oxygen atoms in total. The summed E-state index contributed by atoms with van der Waals surface area (Å²) in [5, 5.41) is 3.00. The minimum atomic E-state index is -3.51. The van der Waals surface area contributed by atoms with E-state index in [0.29, 0.717) is 13.0 Å². The molecule has 0 aliphatic heterocycles. The van der Waals surface area contributed by atoms with E-state index in [4.69, 9.17) is 0 Å². The summed E-state index contributed by atoms with van der Waals surface area (Å²) in [6, 6.07) is 14.4. The van der Waals surface area contributed by atoms with E-state index in [1.807, 2.05) is 20.8 Å². The van der Waals surface area contributed by atoms with Crippen LogP contribution in [-0.2, 0) is 14.8 Å². The molecule has 2 aromatic carbocycles. The SMILES string of the molecule is Cc1ccc(C)c([C@@H](C)NC(=O)CCCN(C)S(=O)(=O)c2ccccc2)c1. The van der Waals surface area contributed by atoms with Gasteiger partial charge in [-0.15, -0.1) is 0 Å². The molecular weight excluding hydrogens is 360 g/mol. The van der Waals surface area contributed by atoms with Gasteiger partial charge in [-0.05, 0) is 50.5 Å². The van der Waals surface area contributed by atoms with Crippen LogP contribution < -0.4 is 5.32 Å². The molecule has 0 aromatic heterocycles. The third kappa shape index (κ3) is 5.65. The number of carbonyl (C=O) groups is 1. The van der Waals surface area contributed by atoms with Crippen molar-refractivity contribution in [3.8, 4) is 0 Å². The van der Waals surface area contributed by atoms with Gasteiger partial charge >= 0.3 is 0 Å². The van der Waals surface area contributed by atoms with Crippen LogP contribution in [0.1, 0.15) is 42.5 Å². The third-order valence-corrected chi connectivity index (χ3v) is 6.48. The van der Waals surface area contributed by atoms with Crippen molar-refractivity contribution in [2.24, 2.45) is 0 Å². The Morgan fingerprint density at radius 1 is 1.11 bits per heavy atom. The second-order valence-electron chi connectivity index (χ2n) is 6.89. The Hall–Kier alpha value is -2.18. The number of nitrogens with one attached hydrogen (secondary N) is 1. The van der Waals surface area contributed by atoms with Crippen LogP contribution in [0.3, 0.4) is 0 Å². The van der Waals surface area contributed by atoms with Crippen LogP contribution in [0.25, 0.3) is 0 Å². The molecule has 2 aromatic rings. The molecule has 2 rings (SSSR count). The quantitative estimate of drug-likeness (QED) is 0.752. The predicted molar refractivity (Wildman–Crippen MR) is 108 cm³/mol. The van der Waals surface area contributed by atoms with Crippen molar-refractivity contribution in [2.75, 3.05) is 13.6 Å². The maximum absolute atomic E-state index is 12.5. The van der Waals surface area contributed by atoms with E-state index in [2.05, 4.69) is 23.5 Å². The molecule has 0 bridgehead atoms. The van der Waals surface area contributed by atoms with Crippen molar-refractivity contribution in [2.45, 2.75) is 44.6 Å². The van der Waals surface area contributed by atoms with E-state index in [0.717, 1.165) is 16.7 Å². The lowest BCUT2D eigenvalue weighted by molar-refractivity contribution is -0.121. The molecule has 1 atom stereocenters. The highest BCUT2D eigenvalue weighted by Crippen LogP contribution is 2.19. The number of hydrogen-bond donors (Lipinski definition) is 1. The fourth-order valence-corrected chi connectivity index (χ4v) is 4.20. The molecule has 27 heavy (non-hydrogen) atoms. The van der Waals surface area contributed by atoms with Crippen LogP contribution in [0, 0.1) is 13.8 Å². The minimum absolute atomic E-state index is 0.0751. The van der Waals surface area contributed by atoms with Crippen molar-refractivity contribution in [3.05, 3.63) is 65.2 Å². The number of carbonyl (C=O) groups excluding carboxylic acids is 1. The zero-order chi connectivity index (χ0) is 20.0. The number of hydrogen-bond acceptors (Lipinski definition) is 3. The predicted octanol–water partition coefficient (Wildman–Crippen LogP) is 3.58. The van der Waals surface area contributed by atoms with Gasteiger partial charge in [0.2, 0.25) is 15.9 Å². The Balaban J connectivity index is 1.86. The molecule has 0 saturated carbocycles. The van der Waals surface area contributed by atoms with Gasteiger partial charge < -0.3 is 5.32 Å². The molecule has 1 amide bonds. The second kappa shape index (κ2) is 9.15. The number of amides is 1. The Labute approximate surface area is 162 Å². The van der Waals surface area contributed by atoms with E-state index in [9.17, 15) is 13.2 Å². The zero-order valence-electron chi connectivity index (χ0n) is 16.4. The lowest BCUT2D eigenvalue weighted by Crippen LogP contribution is -2.30. The van der Waals surface area contributed by atoms with Crippen molar-refractivity contribution >= 4 is 15.9 Å². The first-order valence-corrected chi connectivity index (χ1v) is 10.5. The lowest BCUT2D eigenvalue weighted by atomic mass is 10.00. The fourth-order valence-electron chi connectivity index (χ4n) is 2.97. The Bertz CT molecular complexity index is 880. The lowest BCUT2D eigenvalue weighted by Gasteiger charge is -2.19. The number of rotatable bonds is 8. The minimum Gasteiger partial charge on any atom is -0.350 e. The van der Waals surface area contributed by atoms with Gasteiger partial charge in [-0.2, -0.15) is 0 Å². The summed E-state index contributed by atoms with van der Waals surface area (Å²) in [4.78, 5) is 12.5. The largest absolute Gasteiger partial charge is 0.350 e. The highest BCUT2D eigenvalue weighted by molar-refractivity contribution is 7.89. The normalized spacial score (nSPS) is 12.8. The van der Waals surface area contributed by atoms with Crippen LogP contribution in [0.2, 0.25) is 0 Å². The number of sulfonamides is 1. The van der Waals surface area contributed by atoms with Gasteiger partial charge in [0, 0.05) is 20.0 Å². The summed E-state index contributed by atoms with van der Waals surface area (Å²) in [7, 11) is -1.97. The van der Waals surface area contributed by atoms with Crippen molar-refractivity contribution in [3.63, 3.8) is 0 Å². The van der Waals surface area contributed by atoms with E-state index in [1.165, 1.54) is 4.31 Å². The summed E-state index contributed by atoms with van der Waals surface area (Å²) in [6.45, 7) is 6.31. The molecule has 146 valence electrons. The van der Waals surface area contributed by atoms with Gasteiger partial charge in [0.15, 0.2) is 0 Å². The monoisotopic (exact) mass is 388 g/mol. The Morgan fingerprint density at radius 2 is 1.78 bits per heavy atom. The van der Waals surface area contributed by atoms with Crippen LogP contribution in [0.15, 0.2) is 53.4 Å². The summed E-state index contributed by atoms with van der Waals surface area (Å²) >= 11 is 0. The molecule has 0 heterocycles. The van der Waals surface area contributed by atoms with Gasteiger partial charge in [-0.1, -0.05) is 42.0 Å². The average molecular weight is 389 g/mol. The Kier molecular flexibility index (Phi) is 7.16. The molecule has 1 N–H and O–H groups in total. The first-order valence-electron chi connectivity index (χ1n) is 9.09.